The number of rotatable bonds is 2. The van der Waals surface area contributed by atoms with Gasteiger partial charge in [0.1, 0.15) is 0 Å². The Labute approximate surface area is 104 Å². The van der Waals surface area contributed by atoms with Crippen molar-refractivity contribution in [1.82, 2.24) is 10.2 Å². The van der Waals surface area contributed by atoms with Crippen LogP contribution in [0.3, 0.4) is 0 Å². The summed E-state index contributed by atoms with van der Waals surface area (Å²) in [6, 6.07) is 0.202. The van der Waals surface area contributed by atoms with Gasteiger partial charge < -0.3 is 15.0 Å². The number of ether oxygens (including phenoxy) is 1. The Hall–Kier alpha value is -0.610. The second kappa shape index (κ2) is 6.36. The lowest BCUT2D eigenvalue weighted by Gasteiger charge is -2.28. The van der Waals surface area contributed by atoms with E-state index in [0.29, 0.717) is 19.1 Å². The summed E-state index contributed by atoms with van der Waals surface area (Å²) in [6.07, 6.45) is 6.17. The lowest BCUT2D eigenvalue weighted by molar-refractivity contribution is -0.136. The Balaban J connectivity index is 1.92. The zero-order valence-electron chi connectivity index (χ0n) is 10.8. The Kier molecular flexibility index (Phi) is 4.80. The van der Waals surface area contributed by atoms with Gasteiger partial charge in [-0.1, -0.05) is 19.3 Å². The molecule has 4 heteroatoms. The van der Waals surface area contributed by atoms with Crippen molar-refractivity contribution in [2.75, 3.05) is 33.4 Å². The van der Waals surface area contributed by atoms with Crippen LogP contribution in [0.25, 0.3) is 0 Å². The minimum atomic E-state index is 0.0272. The van der Waals surface area contributed by atoms with E-state index in [0.717, 1.165) is 25.9 Å². The van der Waals surface area contributed by atoms with Crippen molar-refractivity contribution in [3.05, 3.63) is 0 Å². The molecule has 2 fully saturated rings. The molecule has 0 aromatic rings. The first-order valence-corrected chi connectivity index (χ1v) is 6.86. The van der Waals surface area contributed by atoms with E-state index in [2.05, 4.69) is 10.2 Å². The van der Waals surface area contributed by atoms with E-state index < -0.39 is 0 Å². The van der Waals surface area contributed by atoms with Crippen LogP contribution in [-0.4, -0.2) is 50.2 Å². The first-order chi connectivity index (χ1) is 8.33. The fraction of sp³-hybridized carbons (Fsp3) is 0.923. The maximum atomic E-state index is 12.4. The molecular weight excluding hydrogens is 216 g/mol. The normalized spacial score (nSPS) is 31.0. The summed E-state index contributed by atoms with van der Waals surface area (Å²) < 4.78 is 5.42. The van der Waals surface area contributed by atoms with E-state index in [1.54, 1.807) is 0 Å². The van der Waals surface area contributed by atoms with Gasteiger partial charge >= 0.3 is 0 Å². The Morgan fingerprint density at radius 1 is 1.12 bits per heavy atom. The minimum Gasteiger partial charge on any atom is -0.379 e. The molecule has 0 radical (unpaired) electrons. The van der Waals surface area contributed by atoms with E-state index in [-0.39, 0.29) is 12.0 Å². The van der Waals surface area contributed by atoms with Gasteiger partial charge in [0.25, 0.3) is 0 Å². The summed E-state index contributed by atoms with van der Waals surface area (Å²) in [6.45, 7) is 3.12. The molecule has 17 heavy (non-hydrogen) atoms. The van der Waals surface area contributed by atoms with Crippen LogP contribution in [0.1, 0.15) is 32.1 Å². The van der Waals surface area contributed by atoms with Crippen molar-refractivity contribution in [1.29, 1.82) is 0 Å². The molecule has 0 bridgehead atoms. The lowest BCUT2D eigenvalue weighted by atomic mass is 10.0. The second-order valence-electron chi connectivity index (χ2n) is 5.13. The Morgan fingerprint density at radius 2 is 1.76 bits per heavy atom. The number of hydrogen-bond acceptors (Lipinski definition) is 3. The number of carbonyl (C=O) groups excluding carboxylic acids is 1. The molecule has 1 N–H and O–H groups in total. The monoisotopic (exact) mass is 240 g/mol. The van der Waals surface area contributed by atoms with Crippen LogP contribution in [0.15, 0.2) is 0 Å². The molecule has 0 aromatic heterocycles. The highest BCUT2D eigenvalue weighted by atomic mass is 16.5. The quantitative estimate of drug-likeness (QED) is 0.783. The zero-order valence-corrected chi connectivity index (χ0v) is 10.8. The molecule has 1 amide bonds. The third kappa shape index (κ3) is 3.19. The maximum absolute atomic E-state index is 12.4. The predicted molar refractivity (Wildman–Crippen MR) is 66.8 cm³/mol. The van der Waals surface area contributed by atoms with Gasteiger partial charge in [0, 0.05) is 19.1 Å². The first-order valence-electron chi connectivity index (χ1n) is 6.86. The van der Waals surface area contributed by atoms with Crippen molar-refractivity contribution in [2.45, 2.75) is 38.1 Å². The number of hydrogen-bond donors (Lipinski definition) is 1. The van der Waals surface area contributed by atoms with Crippen molar-refractivity contribution in [3.63, 3.8) is 0 Å². The van der Waals surface area contributed by atoms with Gasteiger partial charge in [0.05, 0.1) is 19.1 Å². The minimum absolute atomic E-state index is 0.0272. The van der Waals surface area contributed by atoms with Gasteiger partial charge in [0.2, 0.25) is 5.91 Å². The standard InChI is InChI=1S/C13H24N2O2/c1-14-12-10-17-9-11(12)13(16)15-7-5-3-2-4-6-8-15/h11-12,14H,2-10H2,1H3. The highest BCUT2D eigenvalue weighted by Crippen LogP contribution is 2.19. The topological polar surface area (TPSA) is 41.6 Å². The van der Waals surface area contributed by atoms with Crippen LogP contribution in [-0.2, 0) is 9.53 Å². The van der Waals surface area contributed by atoms with Crippen molar-refractivity contribution < 1.29 is 9.53 Å². The van der Waals surface area contributed by atoms with Gasteiger partial charge in [-0.05, 0) is 19.9 Å². The highest BCUT2D eigenvalue weighted by molar-refractivity contribution is 5.80. The molecule has 2 unspecified atom stereocenters. The number of likely N-dealkylation sites (tertiary alicyclic amines) is 1. The molecular formula is C13H24N2O2. The number of nitrogens with zero attached hydrogens (tertiary/aromatic N) is 1. The van der Waals surface area contributed by atoms with Gasteiger partial charge in [-0.25, -0.2) is 0 Å². The summed E-state index contributed by atoms with van der Waals surface area (Å²) in [4.78, 5) is 14.5. The van der Waals surface area contributed by atoms with E-state index in [4.69, 9.17) is 4.74 Å². The van der Waals surface area contributed by atoms with E-state index in [9.17, 15) is 4.79 Å². The van der Waals surface area contributed by atoms with Crippen LogP contribution in [0.5, 0.6) is 0 Å². The lowest BCUT2D eigenvalue weighted by Crippen LogP contribution is -2.45. The molecule has 2 rings (SSSR count). The van der Waals surface area contributed by atoms with Gasteiger partial charge in [-0.2, -0.15) is 0 Å². The number of likely N-dealkylation sites (N-methyl/N-ethyl adjacent to an activating group) is 1. The number of carbonyl (C=O) groups is 1. The SMILES string of the molecule is CNC1COCC1C(=O)N1CCCCCCC1. The van der Waals surface area contributed by atoms with Gasteiger partial charge in [-0.15, -0.1) is 0 Å². The predicted octanol–water partition coefficient (Wildman–Crippen LogP) is 1.01. The van der Waals surface area contributed by atoms with Gasteiger partial charge in [-0.3, -0.25) is 4.79 Å². The molecule has 2 heterocycles. The summed E-state index contributed by atoms with van der Waals surface area (Å²) >= 11 is 0. The van der Waals surface area contributed by atoms with Crippen molar-refractivity contribution in [3.8, 4) is 0 Å². The molecule has 2 aliphatic rings. The largest absolute Gasteiger partial charge is 0.379 e. The van der Waals surface area contributed by atoms with Crippen molar-refractivity contribution >= 4 is 5.91 Å². The molecule has 0 aromatic carbocycles. The molecule has 0 saturated carbocycles. The average Bonchev–Trinajstić information content (AvgIpc) is 2.75. The van der Waals surface area contributed by atoms with Crippen molar-refractivity contribution in [2.24, 2.45) is 5.92 Å². The molecule has 4 nitrogen and oxygen atoms in total. The highest BCUT2D eigenvalue weighted by Gasteiger charge is 2.35. The van der Waals surface area contributed by atoms with E-state index >= 15 is 0 Å². The number of nitrogens with one attached hydrogen (secondary N) is 1. The zero-order chi connectivity index (χ0) is 12.1. The fourth-order valence-electron chi connectivity index (χ4n) is 2.78. The van der Waals surface area contributed by atoms with Crippen LogP contribution >= 0.6 is 0 Å². The molecule has 0 aliphatic carbocycles. The van der Waals surface area contributed by atoms with E-state index in [1.807, 2.05) is 7.05 Å². The third-order valence-electron chi connectivity index (χ3n) is 3.94. The summed E-state index contributed by atoms with van der Waals surface area (Å²) in [5, 5.41) is 3.19. The summed E-state index contributed by atoms with van der Waals surface area (Å²) in [5.74, 6) is 0.322. The fourth-order valence-corrected chi connectivity index (χ4v) is 2.78. The summed E-state index contributed by atoms with van der Waals surface area (Å²) in [5.41, 5.74) is 0. The van der Waals surface area contributed by atoms with Gasteiger partial charge in [0.15, 0.2) is 0 Å². The Bertz CT molecular complexity index is 250. The molecule has 98 valence electrons. The van der Waals surface area contributed by atoms with Crippen LogP contribution in [0, 0.1) is 5.92 Å². The first kappa shape index (κ1) is 12.8. The Morgan fingerprint density at radius 3 is 2.41 bits per heavy atom. The molecule has 2 saturated heterocycles. The van der Waals surface area contributed by atoms with Crippen LogP contribution < -0.4 is 5.32 Å². The van der Waals surface area contributed by atoms with Crippen LogP contribution in [0.2, 0.25) is 0 Å². The third-order valence-corrected chi connectivity index (χ3v) is 3.94. The average molecular weight is 240 g/mol. The maximum Gasteiger partial charge on any atom is 0.229 e. The molecule has 0 spiro atoms. The van der Waals surface area contributed by atoms with Crippen LogP contribution in [0.4, 0.5) is 0 Å². The number of amides is 1. The smallest absolute Gasteiger partial charge is 0.229 e. The summed E-state index contributed by atoms with van der Waals surface area (Å²) in [7, 11) is 1.91. The van der Waals surface area contributed by atoms with E-state index in [1.165, 1.54) is 19.3 Å². The molecule has 2 aliphatic heterocycles. The second-order valence-corrected chi connectivity index (χ2v) is 5.13. The molecule has 2 atom stereocenters.